The zero-order chi connectivity index (χ0) is 26.5. The molecular weight excluding hydrogens is 524 g/mol. The predicted octanol–water partition coefficient (Wildman–Crippen LogP) is 1.57. The summed E-state index contributed by atoms with van der Waals surface area (Å²) in [5.41, 5.74) is 6.24. The van der Waals surface area contributed by atoms with Crippen LogP contribution in [0.15, 0.2) is 59.2 Å². The highest BCUT2D eigenvalue weighted by Gasteiger charge is 2.53. The average Bonchev–Trinajstić information content (AvgIpc) is 3.33. The molecule has 0 spiro atoms. The number of nitrogens with one attached hydrogen (secondary N) is 1. The summed E-state index contributed by atoms with van der Waals surface area (Å²) in [6.07, 6.45) is 3.03. The van der Waals surface area contributed by atoms with E-state index < -0.39 is 34.1 Å². The largest absolute Gasteiger partial charge is 0.456 e. The highest BCUT2D eigenvalue weighted by atomic mass is 32.2. The number of nitrogens with zero attached hydrogens (tertiary/aromatic N) is 4. The average molecular weight is 545 g/mol. The molecule has 37 heavy (non-hydrogen) atoms. The lowest BCUT2D eigenvalue weighted by molar-refractivity contribution is -0.384. The second-order valence-electron chi connectivity index (χ2n) is 7.57. The molecule has 1 aromatic heterocycles. The molecule has 1 aromatic carbocycles. The second kappa shape index (κ2) is 11.2. The summed E-state index contributed by atoms with van der Waals surface area (Å²) in [4.78, 5) is 59.2. The molecule has 2 aliphatic rings. The van der Waals surface area contributed by atoms with Gasteiger partial charge in [-0.15, -0.1) is 23.1 Å². The van der Waals surface area contributed by atoms with Crippen LogP contribution in [-0.2, 0) is 30.6 Å². The van der Waals surface area contributed by atoms with Gasteiger partial charge in [0.2, 0.25) is 0 Å². The number of carbonyl (C=O) groups is 3. The lowest BCUT2D eigenvalue weighted by Gasteiger charge is -2.48. The number of oxime groups is 1. The Morgan fingerprint density at radius 3 is 2.78 bits per heavy atom. The van der Waals surface area contributed by atoms with Gasteiger partial charge in [0.1, 0.15) is 36.0 Å². The van der Waals surface area contributed by atoms with Crippen LogP contribution in [0.1, 0.15) is 11.3 Å². The number of carbonyl (C=O) groups excluding carboxylic acids is 3. The number of esters is 1. The van der Waals surface area contributed by atoms with Crippen LogP contribution < -0.4 is 11.1 Å². The van der Waals surface area contributed by atoms with Crippen LogP contribution in [0.4, 0.5) is 10.8 Å². The number of non-ortho nitro benzene ring substituents is 1. The van der Waals surface area contributed by atoms with Gasteiger partial charge in [0, 0.05) is 23.3 Å². The third kappa shape index (κ3) is 5.62. The maximum atomic E-state index is 13.0. The molecule has 4 rings (SSSR count). The number of hydrogen-bond donors (Lipinski definition) is 2. The van der Waals surface area contributed by atoms with Crippen molar-refractivity contribution in [1.82, 2.24) is 15.2 Å². The summed E-state index contributed by atoms with van der Waals surface area (Å²) in [6, 6.07) is 4.66. The highest BCUT2D eigenvalue weighted by molar-refractivity contribution is 8.00. The number of benzene rings is 1. The number of nitrogens with two attached hydrogens (primary N) is 1. The first-order valence-electron chi connectivity index (χ1n) is 10.7. The van der Waals surface area contributed by atoms with E-state index in [0.29, 0.717) is 11.3 Å². The van der Waals surface area contributed by atoms with E-state index in [0.717, 1.165) is 11.3 Å². The third-order valence-electron chi connectivity index (χ3n) is 5.19. The van der Waals surface area contributed by atoms with Gasteiger partial charge in [0.05, 0.1) is 4.92 Å². The Morgan fingerprint density at radius 1 is 1.38 bits per heavy atom. The number of rotatable bonds is 10. The monoisotopic (exact) mass is 544 g/mol. The zero-order valence-corrected chi connectivity index (χ0v) is 20.7. The van der Waals surface area contributed by atoms with Crippen molar-refractivity contribution in [2.75, 3.05) is 18.1 Å². The van der Waals surface area contributed by atoms with E-state index in [1.165, 1.54) is 52.4 Å². The first kappa shape index (κ1) is 25.8. The van der Waals surface area contributed by atoms with Gasteiger partial charge in [0.15, 0.2) is 10.8 Å². The quantitative estimate of drug-likeness (QED) is 0.0848. The molecule has 3 heterocycles. The Morgan fingerprint density at radius 2 is 2.14 bits per heavy atom. The van der Waals surface area contributed by atoms with E-state index in [1.54, 1.807) is 6.08 Å². The number of ether oxygens (including phenoxy) is 1. The van der Waals surface area contributed by atoms with E-state index in [2.05, 4.69) is 22.0 Å². The molecule has 3 N–H and O–H groups in total. The minimum absolute atomic E-state index is 0.0567. The van der Waals surface area contributed by atoms with E-state index in [1.807, 2.05) is 0 Å². The maximum absolute atomic E-state index is 13.0. The van der Waals surface area contributed by atoms with Crippen molar-refractivity contribution in [2.24, 2.45) is 5.16 Å². The summed E-state index contributed by atoms with van der Waals surface area (Å²) >= 11 is 2.48. The summed E-state index contributed by atoms with van der Waals surface area (Å²) < 4.78 is 5.31. The fourth-order valence-electron chi connectivity index (χ4n) is 3.43. The Hall–Kier alpha value is -4.24. The molecular formula is C22H20N6O7S2. The molecule has 0 bridgehead atoms. The maximum Gasteiger partial charge on any atom is 0.355 e. The summed E-state index contributed by atoms with van der Waals surface area (Å²) in [5, 5.41) is 18.5. The lowest BCUT2D eigenvalue weighted by Crippen LogP contribution is -2.70. The van der Waals surface area contributed by atoms with Crippen LogP contribution in [0.25, 0.3) is 0 Å². The summed E-state index contributed by atoms with van der Waals surface area (Å²) in [6.45, 7) is 3.44. The van der Waals surface area contributed by atoms with Crippen molar-refractivity contribution >= 4 is 57.4 Å². The van der Waals surface area contributed by atoms with Crippen molar-refractivity contribution in [2.45, 2.75) is 18.0 Å². The molecule has 1 unspecified atom stereocenters. The van der Waals surface area contributed by atoms with Crippen LogP contribution in [0, 0.1) is 10.1 Å². The highest BCUT2D eigenvalue weighted by Crippen LogP contribution is 2.38. The van der Waals surface area contributed by atoms with Gasteiger partial charge in [0.25, 0.3) is 17.5 Å². The molecule has 2 amide bonds. The molecule has 13 nitrogen and oxygen atoms in total. The number of aromatic nitrogens is 1. The van der Waals surface area contributed by atoms with Crippen molar-refractivity contribution in [3.63, 3.8) is 0 Å². The molecule has 1 fully saturated rings. The van der Waals surface area contributed by atoms with Crippen molar-refractivity contribution in [3.05, 3.63) is 75.4 Å². The van der Waals surface area contributed by atoms with Gasteiger partial charge in [-0.05, 0) is 23.8 Å². The van der Waals surface area contributed by atoms with Gasteiger partial charge >= 0.3 is 5.97 Å². The Labute approximate surface area is 218 Å². The van der Waals surface area contributed by atoms with E-state index in [4.69, 9.17) is 15.3 Å². The Balaban J connectivity index is 1.39. The SMILES string of the molecule is C=CCON=C(C(=O)NC1C(=O)N2C(C(=O)OCc3ccc([N+](=O)[O-])cc3)=CCS[C@@H]12)c1csc(N)n1. The van der Waals surface area contributed by atoms with Crippen molar-refractivity contribution in [3.8, 4) is 0 Å². The minimum Gasteiger partial charge on any atom is -0.456 e. The van der Waals surface area contributed by atoms with Gasteiger partial charge in [-0.25, -0.2) is 9.78 Å². The second-order valence-corrected chi connectivity index (χ2v) is 9.61. The molecule has 0 aliphatic carbocycles. The normalized spacial score (nSPS) is 18.7. The predicted molar refractivity (Wildman–Crippen MR) is 135 cm³/mol. The third-order valence-corrected chi connectivity index (χ3v) is 7.04. The zero-order valence-electron chi connectivity index (χ0n) is 19.1. The van der Waals surface area contributed by atoms with Crippen LogP contribution in [0.3, 0.4) is 0 Å². The molecule has 2 atom stereocenters. The Bertz CT molecular complexity index is 1310. The molecule has 1 saturated heterocycles. The summed E-state index contributed by atoms with van der Waals surface area (Å²) in [7, 11) is 0. The van der Waals surface area contributed by atoms with Gasteiger partial charge < -0.3 is 20.6 Å². The molecule has 0 saturated carbocycles. The number of anilines is 1. The number of β-lactam (4-membered cyclic amide) rings is 1. The molecule has 192 valence electrons. The van der Waals surface area contributed by atoms with Crippen LogP contribution in [-0.4, -0.2) is 62.1 Å². The number of hydrogen-bond acceptors (Lipinski definition) is 12. The standard InChI is InChI=1S/C22H20N6O7S2/c1-2-8-35-26-16(14-11-37-22(23)24-14)18(29)25-17-19(30)27-15(7-9-36-20(17)27)21(31)34-10-12-3-5-13(6-4-12)28(32)33/h2-7,11,17,20H,1,8-10H2,(H2,23,24)(H,25,29)/t17?,20-/m0/s1. The van der Waals surface area contributed by atoms with E-state index >= 15 is 0 Å². The number of thiazole rings is 1. The fraction of sp³-hybridized carbons (Fsp3) is 0.227. The number of nitro benzene ring substituents is 1. The number of thioether (sulfide) groups is 1. The topological polar surface area (TPSA) is 179 Å². The first-order valence-corrected chi connectivity index (χ1v) is 12.6. The van der Waals surface area contributed by atoms with Crippen molar-refractivity contribution < 1.29 is 28.9 Å². The van der Waals surface area contributed by atoms with E-state index in [9.17, 15) is 24.5 Å². The lowest BCUT2D eigenvalue weighted by atomic mass is 10.0. The summed E-state index contributed by atoms with van der Waals surface area (Å²) in [5.74, 6) is -1.49. The van der Waals surface area contributed by atoms with Crippen LogP contribution in [0.5, 0.6) is 0 Å². The van der Waals surface area contributed by atoms with Crippen LogP contribution >= 0.6 is 23.1 Å². The first-order chi connectivity index (χ1) is 17.8. The van der Waals surface area contributed by atoms with Crippen LogP contribution in [0.2, 0.25) is 0 Å². The van der Waals surface area contributed by atoms with Gasteiger partial charge in [-0.3, -0.25) is 24.6 Å². The number of nitro groups is 1. The number of fused-ring (bicyclic) bond motifs is 1. The molecule has 15 heteroatoms. The molecule has 0 radical (unpaired) electrons. The van der Waals surface area contributed by atoms with Gasteiger partial charge in [-0.1, -0.05) is 17.8 Å². The smallest absolute Gasteiger partial charge is 0.355 e. The van der Waals surface area contributed by atoms with Crippen molar-refractivity contribution in [1.29, 1.82) is 0 Å². The van der Waals surface area contributed by atoms with E-state index in [-0.39, 0.29) is 41.1 Å². The molecule has 2 aromatic rings. The fourth-order valence-corrected chi connectivity index (χ4v) is 5.17. The number of amides is 2. The van der Waals surface area contributed by atoms with Gasteiger partial charge in [-0.2, -0.15) is 0 Å². The molecule has 2 aliphatic heterocycles. The Kier molecular flexibility index (Phi) is 7.83. The minimum atomic E-state index is -0.913. The number of nitrogen functional groups attached to an aromatic ring is 1.